The van der Waals surface area contributed by atoms with E-state index in [1.165, 1.54) is 26.9 Å². The Balaban J connectivity index is 1.02. The van der Waals surface area contributed by atoms with Gasteiger partial charge in [-0.15, -0.1) is 0 Å². The Hall–Kier alpha value is -8.21. The van der Waals surface area contributed by atoms with Crippen LogP contribution in [0.25, 0.3) is 122 Å². The van der Waals surface area contributed by atoms with Crippen molar-refractivity contribution < 1.29 is 4.42 Å². The summed E-state index contributed by atoms with van der Waals surface area (Å²) in [6.07, 6.45) is 0. The third-order valence-electron chi connectivity index (χ3n) is 11.9. The van der Waals surface area contributed by atoms with Gasteiger partial charge in [-0.2, -0.15) is 0 Å². The summed E-state index contributed by atoms with van der Waals surface area (Å²) in [6, 6.07) is 74.7. The van der Waals surface area contributed by atoms with Crippen molar-refractivity contribution in [3.63, 3.8) is 0 Å². The molecule has 0 N–H and O–H groups in total. The molecule has 4 heteroatoms. The summed E-state index contributed by atoms with van der Waals surface area (Å²) in [5.41, 5.74) is 11.3. The minimum Gasteiger partial charge on any atom is -0.455 e. The van der Waals surface area contributed by atoms with Gasteiger partial charge in [0.25, 0.3) is 0 Å². The molecule has 0 spiro atoms. The number of fused-ring (bicyclic) bond motifs is 8. The van der Waals surface area contributed by atoms with E-state index in [-0.39, 0.29) is 0 Å². The highest BCUT2D eigenvalue weighted by atomic mass is 16.3. The van der Waals surface area contributed by atoms with Crippen LogP contribution in [0.4, 0.5) is 0 Å². The number of aromatic nitrogens is 3. The standard InChI is InChI=1S/C57H35N3O/c1-3-16-36(17-4-1)55-58-56(37-18-5-2-6-19-37)60-57(59-55)43-25-14-22-39(33-43)38-21-13-23-40(32-38)45-30-15-24-42-35-50(54-53(52(42)45)48-29-11-12-31-51(48)61-54)49-34-41-20-7-8-26-44(41)46-27-9-10-28-47(46)49/h1-35H. The first-order valence-electron chi connectivity index (χ1n) is 20.6. The summed E-state index contributed by atoms with van der Waals surface area (Å²) in [4.78, 5) is 14.9. The summed E-state index contributed by atoms with van der Waals surface area (Å²) < 4.78 is 6.90. The highest BCUT2D eigenvalue weighted by Crippen LogP contribution is 2.47. The van der Waals surface area contributed by atoms with Crippen LogP contribution >= 0.6 is 0 Å². The Labute approximate surface area is 352 Å². The number of benzene rings is 10. The van der Waals surface area contributed by atoms with Gasteiger partial charge >= 0.3 is 0 Å². The third-order valence-corrected chi connectivity index (χ3v) is 11.9. The van der Waals surface area contributed by atoms with Crippen LogP contribution in [0.5, 0.6) is 0 Å². The van der Waals surface area contributed by atoms with Crippen LogP contribution in [0.2, 0.25) is 0 Å². The predicted molar refractivity (Wildman–Crippen MR) is 252 cm³/mol. The fraction of sp³-hybridized carbons (Fsp3) is 0. The van der Waals surface area contributed by atoms with E-state index in [1.54, 1.807) is 0 Å². The Morgan fingerprint density at radius 2 is 0.770 bits per heavy atom. The first-order chi connectivity index (χ1) is 30.2. The molecule has 284 valence electrons. The van der Waals surface area contributed by atoms with E-state index >= 15 is 0 Å². The van der Waals surface area contributed by atoms with Crippen molar-refractivity contribution in [2.75, 3.05) is 0 Å². The molecule has 0 aliphatic heterocycles. The molecule has 2 aromatic heterocycles. The molecule has 0 saturated carbocycles. The molecule has 4 nitrogen and oxygen atoms in total. The quantitative estimate of drug-likeness (QED) is 0.158. The number of furan rings is 1. The van der Waals surface area contributed by atoms with E-state index in [4.69, 9.17) is 19.4 Å². The monoisotopic (exact) mass is 777 g/mol. The molecule has 61 heavy (non-hydrogen) atoms. The molecule has 0 fully saturated rings. The average Bonchev–Trinajstić information content (AvgIpc) is 3.74. The van der Waals surface area contributed by atoms with Gasteiger partial charge in [0, 0.05) is 38.4 Å². The minimum atomic E-state index is 0.629. The first kappa shape index (κ1) is 34.8. The van der Waals surface area contributed by atoms with Crippen LogP contribution in [-0.4, -0.2) is 15.0 Å². The second-order valence-electron chi connectivity index (χ2n) is 15.5. The summed E-state index contributed by atoms with van der Waals surface area (Å²) in [7, 11) is 0. The average molecular weight is 778 g/mol. The molecule has 0 atom stereocenters. The summed E-state index contributed by atoms with van der Waals surface area (Å²) in [5, 5.41) is 9.46. The van der Waals surface area contributed by atoms with Crippen LogP contribution in [0.3, 0.4) is 0 Å². The van der Waals surface area contributed by atoms with Crippen LogP contribution < -0.4 is 0 Å². The summed E-state index contributed by atoms with van der Waals surface area (Å²) in [5.74, 6) is 1.91. The van der Waals surface area contributed by atoms with Gasteiger partial charge in [0.05, 0.1) is 0 Å². The van der Waals surface area contributed by atoms with E-state index < -0.39 is 0 Å². The van der Waals surface area contributed by atoms with Crippen LogP contribution in [-0.2, 0) is 0 Å². The molecule has 0 amide bonds. The van der Waals surface area contributed by atoms with E-state index in [0.717, 1.165) is 77.4 Å². The zero-order valence-electron chi connectivity index (χ0n) is 33.0. The van der Waals surface area contributed by atoms with E-state index in [0.29, 0.717) is 17.5 Å². The zero-order valence-corrected chi connectivity index (χ0v) is 33.0. The normalized spacial score (nSPS) is 11.6. The summed E-state index contributed by atoms with van der Waals surface area (Å²) >= 11 is 0. The highest BCUT2D eigenvalue weighted by Gasteiger charge is 2.21. The Bertz CT molecular complexity index is 3590. The van der Waals surface area contributed by atoms with Gasteiger partial charge in [-0.05, 0) is 85.1 Å². The number of rotatable bonds is 6. The number of hydrogen-bond donors (Lipinski definition) is 0. The van der Waals surface area contributed by atoms with Crippen LogP contribution in [0.15, 0.2) is 217 Å². The Morgan fingerprint density at radius 3 is 1.49 bits per heavy atom. The highest BCUT2D eigenvalue weighted by molar-refractivity contribution is 6.27. The zero-order chi connectivity index (χ0) is 40.3. The fourth-order valence-electron chi connectivity index (χ4n) is 9.03. The molecule has 0 unspecified atom stereocenters. The molecular formula is C57H35N3O. The van der Waals surface area contributed by atoms with Crippen molar-refractivity contribution in [3.8, 4) is 67.5 Å². The maximum atomic E-state index is 6.90. The van der Waals surface area contributed by atoms with E-state index in [2.05, 4.69) is 152 Å². The van der Waals surface area contributed by atoms with Gasteiger partial charge in [-0.3, -0.25) is 0 Å². The van der Waals surface area contributed by atoms with Gasteiger partial charge in [0.1, 0.15) is 11.2 Å². The minimum absolute atomic E-state index is 0.629. The largest absolute Gasteiger partial charge is 0.455 e. The molecule has 10 aromatic carbocycles. The second-order valence-corrected chi connectivity index (χ2v) is 15.5. The lowest BCUT2D eigenvalue weighted by atomic mass is 9.88. The first-order valence-corrected chi connectivity index (χ1v) is 20.6. The summed E-state index contributed by atoms with van der Waals surface area (Å²) in [6.45, 7) is 0. The van der Waals surface area contributed by atoms with Crippen molar-refractivity contribution in [2.45, 2.75) is 0 Å². The van der Waals surface area contributed by atoms with Crippen molar-refractivity contribution in [2.24, 2.45) is 0 Å². The molecule has 2 heterocycles. The van der Waals surface area contributed by atoms with Crippen molar-refractivity contribution >= 4 is 54.3 Å². The predicted octanol–water partition coefficient (Wildman–Crippen LogP) is 15.2. The van der Waals surface area contributed by atoms with Crippen molar-refractivity contribution in [1.82, 2.24) is 15.0 Å². The molecule has 0 aliphatic rings. The van der Waals surface area contributed by atoms with Gasteiger partial charge in [-0.25, -0.2) is 15.0 Å². The number of hydrogen-bond acceptors (Lipinski definition) is 4. The molecule has 0 saturated heterocycles. The smallest absolute Gasteiger partial charge is 0.164 e. The molecule has 0 bridgehead atoms. The van der Waals surface area contributed by atoms with E-state index in [9.17, 15) is 0 Å². The molecule has 0 aliphatic carbocycles. The Morgan fingerprint density at radius 1 is 0.279 bits per heavy atom. The van der Waals surface area contributed by atoms with Gasteiger partial charge in [0.2, 0.25) is 0 Å². The lowest BCUT2D eigenvalue weighted by molar-refractivity contribution is 0.670. The third kappa shape index (κ3) is 5.96. The second kappa shape index (κ2) is 14.3. The number of nitrogens with zero attached hydrogens (tertiary/aromatic N) is 3. The maximum absolute atomic E-state index is 6.90. The van der Waals surface area contributed by atoms with Crippen LogP contribution in [0, 0.1) is 0 Å². The lowest BCUT2D eigenvalue weighted by Crippen LogP contribution is -2.00. The fourth-order valence-corrected chi connectivity index (χ4v) is 9.03. The van der Waals surface area contributed by atoms with Gasteiger partial charge in [0.15, 0.2) is 17.5 Å². The van der Waals surface area contributed by atoms with E-state index in [1.807, 2.05) is 60.7 Å². The molecule has 12 aromatic rings. The maximum Gasteiger partial charge on any atom is 0.164 e. The Kier molecular flexibility index (Phi) is 8.13. The van der Waals surface area contributed by atoms with Crippen molar-refractivity contribution in [1.29, 1.82) is 0 Å². The molecule has 0 radical (unpaired) electrons. The van der Waals surface area contributed by atoms with Crippen LogP contribution in [0.1, 0.15) is 0 Å². The SMILES string of the molecule is c1ccc(-c2nc(-c3ccccc3)nc(-c3cccc(-c4cccc(-c5cccc6cc(-c7cc8ccccc8c8ccccc78)c7oc8ccccc8c7c56)c4)c3)n2)cc1. The van der Waals surface area contributed by atoms with Gasteiger partial charge < -0.3 is 4.42 Å². The van der Waals surface area contributed by atoms with Gasteiger partial charge in [-0.1, -0.05) is 182 Å². The molecular weight excluding hydrogens is 743 g/mol. The van der Waals surface area contributed by atoms with Crippen molar-refractivity contribution in [3.05, 3.63) is 212 Å². The lowest BCUT2D eigenvalue weighted by Gasteiger charge is -2.15. The molecule has 12 rings (SSSR count). The number of para-hydroxylation sites is 1. The topological polar surface area (TPSA) is 51.8 Å².